The van der Waals surface area contributed by atoms with Crippen molar-refractivity contribution in [1.82, 2.24) is 14.5 Å². The van der Waals surface area contributed by atoms with Gasteiger partial charge < -0.3 is 4.57 Å². The molecule has 1 unspecified atom stereocenters. The van der Waals surface area contributed by atoms with E-state index < -0.39 is 5.82 Å². The van der Waals surface area contributed by atoms with E-state index in [1.165, 1.54) is 4.90 Å². The summed E-state index contributed by atoms with van der Waals surface area (Å²) in [7, 11) is 0. The maximum atomic E-state index is 13.8. The third-order valence-electron chi connectivity index (χ3n) is 3.09. The Bertz CT molecular complexity index is 657. The maximum absolute atomic E-state index is 13.8. The van der Waals surface area contributed by atoms with Gasteiger partial charge in [0.2, 0.25) is 5.28 Å². The molecule has 0 fully saturated rings. The summed E-state index contributed by atoms with van der Waals surface area (Å²) in [5.74, 6) is -1.04. The molecule has 7 heteroatoms. The molecule has 3 rings (SSSR count). The molecule has 0 saturated heterocycles. The molecule has 1 aliphatic rings. The maximum Gasteiger partial charge on any atom is 0.276 e. The van der Waals surface area contributed by atoms with Crippen molar-refractivity contribution in [3.8, 4) is 0 Å². The number of aromatic nitrogens is 3. The van der Waals surface area contributed by atoms with Gasteiger partial charge in [-0.25, -0.2) is 9.37 Å². The summed E-state index contributed by atoms with van der Waals surface area (Å²) in [4.78, 5) is 21.1. The second-order valence-electron chi connectivity index (χ2n) is 4.38. The first-order chi connectivity index (χ1) is 9.08. The lowest BCUT2D eigenvalue weighted by Gasteiger charge is -2.33. The summed E-state index contributed by atoms with van der Waals surface area (Å²) in [6, 6.07) is 3.27. The summed E-state index contributed by atoms with van der Waals surface area (Å²) in [5.41, 5.74) is 0.507. The van der Waals surface area contributed by atoms with Crippen LogP contribution in [0.2, 0.25) is 5.28 Å². The number of nitrogens with zero attached hydrogens (tertiary/aromatic N) is 4. The SMILES string of the molecule is CC1Cn2cccc2C(=O)N1c1nc(Cl)ncc1F. The Labute approximate surface area is 113 Å². The molecule has 2 aromatic heterocycles. The van der Waals surface area contributed by atoms with E-state index in [4.69, 9.17) is 11.6 Å². The highest BCUT2D eigenvalue weighted by molar-refractivity contribution is 6.28. The van der Waals surface area contributed by atoms with Crippen LogP contribution in [-0.2, 0) is 6.54 Å². The second-order valence-corrected chi connectivity index (χ2v) is 4.72. The van der Waals surface area contributed by atoms with Gasteiger partial charge in [0, 0.05) is 12.7 Å². The van der Waals surface area contributed by atoms with Gasteiger partial charge in [0.15, 0.2) is 11.6 Å². The monoisotopic (exact) mass is 280 g/mol. The molecular formula is C12H10ClFN4O. The molecule has 1 aliphatic heterocycles. The lowest BCUT2D eigenvalue weighted by molar-refractivity contribution is 0.0948. The fourth-order valence-electron chi connectivity index (χ4n) is 2.27. The molecule has 3 heterocycles. The number of carbonyl (C=O) groups is 1. The first-order valence-electron chi connectivity index (χ1n) is 5.74. The summed E-state index contributed by atoms with van der Waals surface area (Å²) >= 11 is 5.68. The number of hydrogen-bond donors (Lipinski definition) is 0. The van der Waals surface area contributed by atoms with Crippen LogP contribution < -0.4 is 4.90 Å². The largest absolute Gasteiger partial charge is 0.341 e. The minimum Gasteiger partial charge on any atom is -0.341 e. The van der Waals surface area contributed by atoms with E-state index >= 15 is 0 Å². The molecule has 0 aliphatic carbocycles. The van der Waals surface area contributed by atoms with Crippen molar-refractivity contribution in [1.29, 1.82) is 0 Å². The van der Waals surface area contributed by atoms with Gasteiger partial charge in [0.25, 0.3) is 5.91 Å². The minimum atomic E-state index is -0.662. The van der Waals surface area contributed by atoms with E-state index in [0.717, 1.165) is 6.20 Å². The zero-order valence-corrected chi connectivity index (χ0v) is 10.8. The number of fused-ring (bicyclic) bond motifs is 1. The standard InChI is InChI=1S/C12H10ClFN4O/c1-7-6-17-4-2-3-9(17)11(19)18(7)10-8(14)5-15-12(13)16-10/h2-5,7H,6H2,1H3. The van der Waals surface area contributed by atoms with Crippen molar-refractivity contribution in [3.05, 3.63) is 41.3 Å². The van der Waals surface area contributed by atoms with E-state index in [2.05, 4.69) is 9.97 Å². The summed E-state index contributed by atoms with van der Waals surface area (Å²) in [5, 5.41) is -0.0858. The number of anilines is 1. The molecule has 0 bridgehead atoms. The van der Waals surface area contributed by atoms with E-state index in [1.807, 2.05) is 17.7 Å². The van der Waals surface area contributed by atoms with Crippen molar-refractivity contribution in [2.75, 3.05) is 4.90 Å². The number of amides is 1. The predicted octanol–water partition coefficient (Wildman–Crippen LogP) is 2.12. The van der Waals surface area contributed by atoms with Gasteiger partial charge in [0.1, 0.15) is 5.69 Å². The van der Waals surface area contributed by atoms with Gasteiger partial charge in [-0.05, 0) is 30.7 Å². The van der Waals surface area contributed by atoms with Crippen LogP contribution in [0, 0.1) is 5.82 Å². The highest BCUT2D eigenvalue weighted by Gasteiger charge is 2.33. The van der Waals surface area contributed by atoms with Gasteiger partial charge in [-0.15, -0.1) is 0 Å². The molecular weight excluding hydrogens is 271 g/mol. The Hall–Kier alpha value is -1.95. The first kappa shape index (κ1) is 12.1. The van der Waals surface area contributed by atoms with Crippen LogP contribution >= 0.6 is 11.6 Å². The van der Waals surface area contributed by atoms with Gasteiger partial charge in [-0.2, -0.15) is 4.98 Å². The summed E-state index contributed by atoms with van der Waals surface area (Å²) in [6.07, 6.45) is 2.79. The normalized spacial score (nSPS) is 18.6. The van der Waals surface area contributed by atoms with Crippen molar-refractivity contribution >= 4 is 23.3 Å². The molecule has 0 aromatic carbocycles. The molecule has 0 saturated carbocycles. The Morgan fingerprint density at radius 1 is 1.53 bits per heavy atom. The Kier molecular flexibility index (Phi) is 2.74. The van der Waals surface area contributed by atoms with Crippen molar-refractivity contribution in [2.24, 2.45) is 0 Å². The van der Waals surface area contributed by atoms with Crippen molar-refractivity contribution in [3.63, 3.8) is 0 Å². The zero-order chi connectivity index (χ0) is 13.6. The molecule has 0 N–H and O–H groups in total. The molecule has 0 spiro atoms. The number of rotatable bonds is 1. The fraction of sp³-hybridized carbons (Fsp3) is 0.250. The highest BCUT2D eigenvalue weighted by Crippen LogP contribution is 2.26. The Morgan fingerprint density at radius 2 is 2.32 bits per heavy atom. The van der Waals surface area contributed by atoms with Gasteiger partial charge >= 0.3 is 0 Å². The average molecular weight is 281 g/mol. The summed E-state index contributed by atoms with van der Waals surface area (Å²) in [6.45, 7) is 2.41. The van der Waals surface area contributed by atoms with Crippen LogP contribution in [-0.4, -0.2) is 26.5 Å². The molecule has 98 valence electrons. The van der Waals surface area contributed by atoms with Crippen LogP contribution in [0.4, 0.5) is 10.2 Å². The van der Waals surface area contributed by atoms with Gasteiger partial charge in [0.05, 0.1) is 12.2 Å². The number of carbonyl (C=O) groups excluding carboxylic acids is 1. The Morgan fingerprint density at radius 3 is 3.11 bits per heavy atom. The lowest BCUT2D eigenvalue weighted by atomic mass is 10.2. The zero-order valence-electron chi connectivity index (χ0n) is 10.0. The summed E-state index contributed by atoms with van der Waals surface area (Å²) < 4.78 is 15.7. The topological polar surface area (TPSA) is 51.0 Å². The molecule has 19 heavy (non-hydrogen) atoms. The van der Waals surface area contributed by atoms with Gasteiger partial charge in [-0.1, -0.05) is 0 Å². The predicted molar refractivity (Wildman–Crippen MR) is 67.7 cm³/mol. The van der Waals surface area contributed by atoms with E-state index in [9.17, 15) is 9.18 Å². The molecule has 1 amide bonds. The smallest absolute Gasteiger partial charge is 0.276 e. The first-order valence-corrected chi connectivity index (χ1v) is 6.12. The molecule has 0 radical (unpaired) electrons. The minimum absolute atomic E-state index is 0.0787. The molecule has 5 nitrogen and oxygen atoms in total. The third-order valence-corrected chi connectivity index (χ3v) is 3.28. The Balaban J connectivity index is 2.10. The quantitative estimate of drug-likeness (QED) is 0.752. The van der Waals surface area contributed by atoms with Crippen LogP contribution in [0.1, 0.15) is 17.4 Å². The van der Waals surface area contributed by atoms with E-state index in [1.54, 1.807) is 12.1 Å². The number of hydrogen-bond acceptors (Lipinski definition) is 3. The van der Waals surface area contributed by atoms with Crippen molar-refractivity contribution in [2.45, 2.75) is 19.5 Å². The fourth-order valence-corrected chi connectivity index (χ4v) is 2.40. The molecule has 2 aromatic rings. The van der Waals surface area contributed by atoms with E-state index in [0.29, 0.717) is 12.2 Å². The highest BCUT2D eigenvalue weighted by atomic mass is 35.5. The van der Waals surface area contributed by atoms with Crippen LogP contribution in [0.25, 0.3) is 0 Å². The van der Waals surface area contributed by atoms with Gasteiger partial charge in [-0.3, -0.25) is 9.69 Å². The average Bonchev–Trinajstić information content (AvgIpc) is 2.82. The molecule has 1 atom stereocenters. The van der Waals surface area contributed by atoms with Crippen molar-refractivity contribution < 1.29 is 9.18 Å². The van der Waals surface area contributed by atoms with Crippen LogP contribution in [0.5, 0.6) is 0 Å². The number of halogens is 2. The van der Waals surface area contributed by atoms with Crippen LogP contribution in [0.15, 0.2) is 24.5 Å². The third kappa shape index (κ3) is 1.88. The van der Waals surface area contributed by atoms with Crippen LogP contribution in [0.3, 0.4) is 0 Å². The van der Waals surface area contributed by atoms with E-state index in [-0.39, 0.29) is 23.1 Å². The lowest BCUT2D eigenvalue weighted by Crippen LogP contribution is -2.47. The second kappa shape index (κ2) is 4.31.